The van der Waals surface area contributed by atoms with Gasteiger partial charge < -0.3 is 10.2 Å². The zero-order valence-electron chi connectivity index (χ0n) is 13.5. The Morgan fingerprint density at radius 1 is 1.24 bits per heavy atom. The highest BCUT2D eigenvalue weighted by molar-refractivity contribution is 8.00. The molecule has 2 aromatic carbocycles. The van der Waals surface area contributed by atoms with Crippen LogP contribution >= 0.6 is 35.0 Å². The van der Waals surface area contributed by atoms with E-state index in [0.717, 1.165) is 10.6 Å². The van der Waals surface area contributed by atoms with Crippen molar-refractivity contribution in [3.63, 3.8) is 0 Å². The van der Waals surface area contributed by atoms with Crippen LogP contribution in [0.1, 0.15) is 13.3 Å². The number of hydrogen-bond donors (Lipinski definition) is 1. The number of nitrogens with zero attached hydrogens (tertiary/aromatic N) is 1. The molecule has 1 N–H and O–H groups in total. The average molecular weight is 395 g/mol. The second kappa shape index (κ2) is 7.68. The van der Waals surface area contributed by atoms with Crippen LogP contribution in [0, 0.1) is 0 Å². The molecule has 1 heterocycles. The van der Waals surface area contributed by atoms with Gasteiger partial charge in [0.15, 0.2) is 0 Å². The quantitative estimate of drug-likeness (QED) is 0.809. The normalized spacial score (nSPS) is 17.0. The molecule has 0 saturated heterocycles. The zero-order chi connectivity index (χ0) is 18.0. The number of hydrogen-bond acceptors (Lipinski definition) is 3. The van der Waals surface area contributed by atoms with Gasteiger partial charge in [0.1, 0.15) is 6.54 Å². The largest absolute Gasteiger partial charge is 0.324 e. The minimum atomic E-state index is -0.291. The third kappa shape index (κ3) is 4.29. The SMILES string of the molecule is CC1CC(=O)N(CC(=O)Nc2ccc(Cl)c(Cl)c2)c2ccccc2S1. The maximum Gasteiger partial charge on any atom is 0.244 e. The van der Waals surface area contributed by atoms with Gasteiger partial charge in [-0.2, -0.15) is 0 Å². The smallest absolute Gasteiger partial charge is 0.244 e. The van der Waals surface area contributed by atoms with Gasteiger partial charge >= 0.3 is 0 Å². The highest BCUT2D eigenvalue weighted by atomic mass is 35.5. The van der Waals surface area contributed by atoms with Crippen molar-refractivity contribution >= 4 is 58.2 Å². The number of halogens is 2. The highest BCUT2D eigenvalue weighted by Crippen LogP contribution is 2.37. The molecule has 0 aromatic heterocycles. The summed E-state index contributed by atoms with van der Waals surface area (Å²) in [6, 6.07) is 12.5. The standard InChI is InChI=1S/C18H16Cl2N2O2S/c1-11-8-18(24)22(15-4-2-3-5-16(15)25-11)10-17(23)21-12-6-7-13(19)14(20)9-12/h2-7,9,11H,8,10H2,1H3,(H,21,23). The first kappa shape index (κ1) is 18.1. The van der Waals surface area contributed by atoms with Crippen molar-refractivity contribution in [3.05, 3.63) is 52.5 Å². The van der Waals surface area contributed by atoms with E-state index in [0.29, 0.717) is 22.2 Å². The molecule has 1 atom stereocenters. The molecular weight excluding hydrogens is 379 g/mol. The summed E-state index contributed by atoms with van der Waals surface area (Å²) in [6.07, 6.45) is 0.388. The molecule has 3 rings (SSSR count). The molecule has 2 aromatic rings. The Labute approximate surface area is 160 Å². The number of benzene rings is 2. The molecule has 2 amide bonds. The van der Waals surface area contributed by atoms with Crippen LogP contribution in [0.15, 0.2) is 47.4 Å². The van der Waals surface area contributed by atoms with Gasteiger partial charge in [-0.25, -0.2) is 0 Å². The minimum absolute atomic E-state index is 0.0522. The van der Waals surface area contributed by atoms with E-state index in [9.17, 15) is 9.59 Å². The Hall–Kier alpha value is -1.69. The van der Waals surface area contributed by atoms with Crippen LogP contribution < -0.4 is 10.2 Å². The van der Waals surface area contributed by atoms with Crippen LogP contribution in [0.2, 0.25) is 10.0 Å². The molecule has 1 aliphatic heterocycles. The van der Waals surface area contributed by atoms with Crippen LogP contribution in [0.5, 0.6) is 0 Å². The van der Waals surface area contributed by atoms with Gasteiger partial charge in [0.25, 0.3) is 0 Å². The number of nitrogens with one attached hydrogen (secondary N) is 1. The van der Waals surface area contributed by atoms with Crippen molar-refractivity contribution in [2.75, 3.05) is 16.8 Å². The lowest BCUT2D eigenvalue weighted by molar-refractivity contribution is -0.121. The Kier molecular flexibility index (Phi) is 5.57. The second-order valence-electron chi connectivity index (χ2n) is 5.76. The van der Waals surface area contributed by atoms with E-state index in [1.54, 1.807) is 34.9 Å². The van der Waals surface area contributed by atoms with E-state index in [2.05, 4.69) is 5.32 Å². The summed E-state index contributed by atoms with van der Waals surface area (Å²) in [6.45, 7) is 1.96. The summed E-state index contributed by atoms with van der Waals surface area (Å²) in [7, 11) is 0. The molecule has 130 valence electrons. The summed E-state index contributed by atoms with van der Waals surface area (Å²) in [5, 5.41) is 3.70. The van der Waals surface area contributed by atoms with Gasteiger partial charge in [0, 0.05) is 22.3 Å². The van der Waals surface area contributed by atoms with Crippen molar-refractivity contribution in [2.24, 2.45) is 0 Å². The first-order valence-corrected chi connectivity index (χ1v) is 9.38. The Morgan fingerprint density at radius 3 is 2.76 bits per heavy atom. The number of amides is 2. The lowest BCUT2D eigenvalue weighted by atomic mass is 10.2. The highest BCUT2D eigenvalue weighted by Gasteiger charge is 2.27. The molecule has 0 spiro atoms. The van der Waals surface area contributed by atoms with E-state index in [1.807, 2.05) is 31.2 Å². The maximum atomic E-state index is 12.6. The summed E-state index contributed by atoms with van der Waals surface area (Å²) in [5.74, 6) is -0.352. The second-order valence-corrected chi connectivity index (χ2v) is 8.05. The molecule has 25 heavy (non-hydrogen) atoms. The minimum Gasteiger partial charge on any atom is -0.324 e. The number of fused-ring (bicyclic) bond motifs is 1. The Bertz CT molecular complexity index is 828. The lowest BCUT2D eigenvalue weighted by Gasteiger charge is -2.22. The number of anilines is 2. The van der Waals surface area contributed by atoms with Crippen molar-refractivity contribution in [2.45, 2.75) is 23.5 Å². The van der Waals surface area contributed by atoms with Crippen LogP contribution in [-0.4, -0.2) is 23.6 Å². The van der Waals surface area contributed by atoms with Gasteiger partial charge in [-0.15, -0.1) is 11.8 Å². The van der Waals surface area contributed by atoms with Crippen molar-refractivity contribution in [1.82, 2.24) is 0 Å². The number of carbonyl (C=O) groups is 2. The van der Waals surface area contributed by atoms with Gasteiger partial charge in [0.2, 0.25) is 11.8 Å². The van der Waals surface area contributed by atoms with Crippen LogP contribution in [0.3, 0.4) is 0 Å². The average Bonchev–Trinajstić information content (AvgIpc) is 2.67. The lowest BCUT2D eigenvalue weighted by Crippen LogP contribution is -2.38. The van der Waals surface area contributed by atoms with Crippen LogP contribution in [-0.2, 0) is 9.59 Å². The number of carbonyl (C=O) groups excluding carboxylic acids is 2. The Balaban J connectivity index is 1.79. The molecule has 1 unspecified atom stereocenters. The molecule has 0 radical (unpaired) electrons. The predicted molar refractivity (Wildman–Crippen MR) is 104 cm³/mol. The predicted octanol–water partition coefficient (Wildman–Crippen LogP) is 4.85. The summed E-state index contributed by atoms with van der Waals surface area (Å²) >= 11 is 13.5. The Morgan fingerprint density at radius 2 is 2.00 bits per heavy atom. The number of rotatable bonds is 3. The monoisotopic (exact) mass is 394 g/mol. The molecule has 0 saturated carbocycles. The molecule has 0 fully saturated rings. The van der Waals surface area contributed by atoms with Crippen molar-refractivity contribution in [1.29, 1.82) is 0 Å². The van der Waals surface area contributed by atoms with Gasteiger partial charge in [0.05, 0.1) is 15.7 Å². The van der Waals surface area contributed by atoms with Crippen LogP contribution in [0.4, 0.5) is 11.4 Å². The first-order chi connectivity index (χ1) is 11.9. The van der Waals surface area contributed by atoms with E-state index in [4.69, 9.17) is 23.2 Å². The summed E-state index contributed by atoms with van der Waals surface area (Å²) in [4.78, 5) is 27.5. The summed E-state index contributed by atoms with van der Waals surface area (Å²) < 4.78 is 0. The fourth-order valence-corrected chi connectivity index (χ4v) is 4.03. The molecular formula is C18H16Cl2N2O2S. The van der Waals surface area contributed by atoms with Gasteiger partial charge in [-0.3, -0.25) is 9.59 Å². The zero-order valence-corrected chi connectivity index (χ0v) is 15.8. The fourth-order valence-electron chi connectivity index (χ4n) is 2.62. The number of thioether (sulfide) groups is 1. The maximum absolute atomic E-state index is 12.6. The molecule has 7 heteroatoms. The number of para-hydroxylation sites is 1. The van der Waals surface area contributed by atoms with Crippen molar-refractivity contribution < 1.29 is 9.59 Å². The van der Waals surface area contributed by atoms with E-state index in [-0.39, 0.29) is 23.6 Å². The molecule has 4 nitrogen and oxygen atoms in total. The molecule has 0 bridgehead atoms. The topological polar surface area (TPSA) is 49.4 Å². The third-order valence-corrected chi connectivity index (χ3v) is 5.66. The third-order valence-electron chi connectivity index (χ3n) is 3.75. The van der Waals surface area contributed by atoms with E-state index >= 15 is 0 Å². The van der Waals surface area contributed by atoms with E-state index < -0.39 is 0 Å². The first-order valence-electron chi connectivity index (χ1n) is 7.75. The van der Waals surface area contributed by atoms with E-state index in [1.165, 1.54) is 0 Å². The molecule has 1 aliphatic rings. The van der Waals surface area contributed by atoms with Crippen LogP contribution in [0.25, 0.3) is 0 Å². The van der Waals surface area contributed by atoms with Gasteiger partial charge in [-0.05, 0) is 30.3 Å². The fraction of sp³-hybridized carbons (Fsp3) is 0.222. The van der Waals surface area contributed by atoms with Crippen molar-refractivity contribution in [3.8, 4) is 0 Å². The molecule has 0 aliphatic carbocycles. The van der Waals surface area contributed by atoms with Gasteiger partial charge in [-0.1, -0.05) is 42.3 Å². The summed E-state index contributed by atoms with van der Waals surface area (Å²) in [5.41, 5.74) is 1.31.